The van der Waals surface area contributed by atoms with E-state index in [9.17, 15) is 4.39 Å². The van der Waals surface area contributed by atoms with Gasteiger partial charge in [-0.1, -0.05) is 35.1 Å². The standard InChI is InChI=1S/C8H9BrFSi/c1-11(2)8-6(9)4-3-5-7(8)10/h3-5H,1-2H3. The van der Waals surface area contributed by atoms with Crippen LogP contribution < -0.4 is 5.19 Å². The van der Waals surface area contributed by atoms with Crippen molar-refractivity contribution in [3.63, 3.8) is 0 Å². The van der Waals surface area contributed by atoms with Gasteiger partial charge in [-0.25, -0.2) is 4.39 Å². The van der Waals surface area contributed by atoms with Crippen LogP contribution in [-0.4, -0.2) is 8.80 Å². The van der Waals surface area contributed by atoms with Crippen molar-refractivity contribution in [1.29, 1.82) is 0 Å². The zero-order valence-corrected chi connectivity index (χ0v) is 9.07. The normalized spacial score (nSPS) is 10.6. The summed E-state index contributed by atoms with van der Waals surface area (Å²) in [6.07, 6.45) is 0. The molecule has 0 spiro atoms. The van der Waals surface area contributed by atoms with Crippen LogP contribution in [-0.2, 0) is 0 Å². The van der Waals surface area contributed by atoms with E-state index in [2.05, 4.69) is 29.0 Å². The maximum atomic E-state index is 13.1. The summed E-state index contributed by atoms with van der Waals surface area (Å²) in [6, 6.07) is 5.11. The molecular weight excluding hydrogens is 223 g/mol. The molecule has 1 rings (SSSR count). The van der Waals surface area contributed by atoms with Crippen molar-refractivity contribution in [2.24, 2.45) is 0 Å². The molecule has 0 aliphatic heterocycles. The van der Waals surface area contributed by atoms with Crippen molar-refractivity contribution in [3.05, 3.63) is 28.5 Å². The Morgan fingerprint density at radius 2 is 2.00 bits per heavy atom. The number of hydrogen-bond acceptors (Lipinski definition) is 0. The Balaban J connectivity index is 3.21. The lowest BCUT2D eigenvalue weighted by molar-refractivity contribution is 0.635. The summed E-state index contributed by atoms with van der Waals surface area (Å²) in [7, 11) is -0.694. The number of halogens is 2. The second kappa shape index (κ2) is 3.50. The largest absolute Gasteiger partial charge is 0.207 e. The number of hydrogen-bond donors (Lipinski definition) is 0. The molecule has 1 aromatic rings. The van der Waals surface area contributed by atoms with Gasteiger partial charge in [0.1, 0.15) is 5.82 Å². The van der Waals surface area contributed by atoms with Crippen LogP contribution in [0.5, 0.6) is 0 Å². The molecule has 0 N–H and O–H groups in total. The molecular formula is C8H9BrFSi. The van der Waals surface area contributed by atoms with E-state index in [1.807, 2.05) is 6.07 Å². The van der Waals surface area contributed by atoms with Crippen molar-refractivity contribution in [3.8, 4) is 0 Å². The van der Waals surface area contributed by atoms with E-state index in [0.29, 0.717) is 0 Å². The molecule has 11 heavy (non-hydrogen) atoms. The van der Waals surface area contributed by atoms with E-state index >= 15 is 0 Å². The summed E-state index contributed by atoms with van der Waals surface area (Å²) in [5.41, 5.74) is 0. The minimum Gasteiger partial charge on any atom is -0.207 e. The topological polar surface area (TPSA) is 0 Å². The second-order valence-electron chi connectivity index (χ2n) is 2.60. The molecule has 0 aliphatic rings. The minimum atomic E-state index is -0.694. The van der Waals surface area contributed by atoms with Gasteiger partial charge in [0.2, 0.25) is 0 Å². The Hall–Kier alpha value is -0.153. The average molecular weight is 232 g/mol. The molecule has 0 amide bonds. The molecule has 0 atom stereocenters. The minimum absolute atomic E-state index is 0.0849. The third kappa shape index (κ3) is 1.90. The van der Waals surface area contributed by atoms with Gasteiger partial charge in [-0.2, -0.15) is 0 Å². The summed E-state index contributed by atoms with van der Waals surface area (Å²) >= 11 is 3.33. The van der Waals surface area contributed by atoms with Gasteiger partial charge in [0.05, 0.1) is 8.80 Å². The first-order chi connectivity index (χ1) is 5.13. The van der Waals surface area contributed by atoms with Crippen molar-refractivity contribution in [1.82, 2.24) is 0 Å². The lowest BCUT2D eigenvalue weighted by atomic mass is 10.3. The Morgan fingerprint density at radius 1 is 1.36 bits per heavy atom. The van der Waals surface area contributed by atoms with Crippen LogP contribution in [0, 0.1) is 5.82 Å². The zero-order valence-electron chi connectivity index (χ0n) is 6.49. The smallest absolute Gasteiger partial charge is 0.123 e. The lowest BCUT2D eigenvalue weighted by Crippen LogP contribution is -2.27. The molecule has 0 saturated heterocycles. The van der Waals surface area contributed by atoms with Crippen LogP contribution in [0.2, 0.25) is 13.1 Å². The third-order valence-corrected chi connectivity index (χ3v) is 4.00. The van der Waals surface area contributed by atoms with E-state index in [0.717, 1.165) is 9.66 Å². The first-order valence-corrected chi connectivity index (χ1v) is 6.66. The Kier molecular flexibility index (Phi) is 2.84. The first kappa shape index (κ1) is 8.94. The molecule has 59 valence electrons. The molecule has 1 radical (unpaired) electrons. The summed E-state index contributed by atoms with van der Waals surface area (Å²) in [6.45, 7) is 4.15. The van der Waals surface area contributed by atoms with Crippen LogP contribution in [0.4, 0.5) is 4.39 Å². The van der Waals surface area contributed by atoms with E-state index in [1.165, 1.54) is 6.07 Å². The highest BCUT2D eigenvalue weighted by molar-refractivity contribution is 9.10. The fourth-order valence-electron chi connectivity index (χ4n) is 0.975. The second-order valence-corrected chi connectivity index (χ2v) is 5.95. The number of rotatable bonds is 1. The van der Waals surface area contributed by atoms with E-state index in [-0.39, 0.29) is 5.82 Å². The molecule has 0 aliphatic carbocycles. The first-order valence-electron chi connectivity index (χ1n) is 3.37. The van der Waals surface area contributed by atoms with Crippen LogP contribution in [0.1, 0.15) is 0 Å². The van der Waals surface area contributed by atoms with Gasteiger partial charge in [-0.15, -0.1) is 0 Å². The van der Waals surface area contributed by atoms with Gasteiger partial charge >= 0.3 is 0 Å². The highest BCUT2D eigenvalue weighted by Gasteiger charge is 2.10. The van der Waals surface area contributed by atoms with E-state index < -0.39 is 8.80 Å². The van der Waals surface area contributed by atoms with Crippen molar-refractivity contribution in [2.75, 3.05) is 0 Å². The highest BCUT2D eigenvalue weighted by atomic mass is 79.9. The van der Waals surface area contributed by atoms with Crippen LogP contribution >= 0.6 is 15.9 Å². The van der Waals surface area contributed by atoms with Gasteiger partial charge in [0.15, 0.2) is 0 Å². The molecule has 0 saturated carbocycles. The van der Waals surface area contributed by atoms with E-state index in [4.69, 9.17) is 0 Å². The van der Waals surface area contributed by atoms with Gasteiger partial charge < -0.3 is 0 Å². The molecule has 0 aromatic heterocycles. The Bertz CT molecular complexity index is 240. The highest BCUT2D eigenvalue weighted by Crippen LogP contribution is 2.09. The van der Waals surface area contributed by atoms with Crippen LogP contribution in [0.25, 0.3) is 0 Å². The third-order valence-electron chi connectivity index (χ3n) is 1.46. The summed E-state index contributed by atoms with van der Waals surface area (Å²) < 4.78 is 14.0. The Morgan fingerprint density at radius 3 is 2.36 bits per heavy atom. The molecule has 0 fully saturated rings. The summed E-state index contributed by atoms with van der Waals surface area (Å²) in [4.78, 5) is 0. The average Bonchev–Trinajstić information content (AvgIpc) is 1.85. The predicted molar refractivity (Wildman–Crippen MR) is 51.2 cm³/mol. The zero-order chi connectivity index (χ0) is 8.43. The Labute approximate surface area is 76.2 Å². The fourth-order valence-corrected chi connectivity index (χ4v) is 3.63. The quantitative estimate of drug-likeness (QED) is 0.653. The van der Waals surface area contributed by atoms with Crippen molar-refractivity contribution >= 4 is 29.9 Å². The van der Waals surface area contributed by atoms with Gasteiger partial charge in [0, 0.05) is 4.47 Å². The number of benzene rings is 1. The van der Waals surface area contributed by atoms with Crippen molar-refractivity contribution in [2.45, 2.75) is 13.1 Å². The molecule has 0 bridgehead atoms. The summed E-state index contributed by atoms with van der Waals surface area (Å²) in [5.74, 6) is -0.0849. The maximum Gasteiger partial charge on any atom is 0.123 e. The van der Waals surface area contributed by atoms with Gasteiger partial charge in [-0.3, -0.25) is 0 Å². The van der Waals surface area contributed by atoms with E-state index in [1.54, 1.807) is 6.07 Å². The SMILES string of the molecule is C[Si](C)c1c(F)cccc1Br. The lowest BCUT2D eigenvalue weighted by Gasteiger charge is -2.06. The molecule has 0 heterocycles. The maximum absolute atomic E-state index is 13.1. The van der Waals surface area contributed by atoms with Crippen molar-refractivity contribution < 1.29 is 4.39 Å². The monoisotopic (exact) mass is 231 g/mol. The molecule has 1 aromatic carbocycles. The fraction of sp³-hybridized carbons (Fsp3) is 0.250. The van der Waals surface area contributed by atoms with Gasteiger partial charge in [-0.05, 0) is 17.3 Å². The van der Waals surface area contributed by atoms with Crippen LogP contribution in [0.15, 0.2) is 22.7 Å². The molecule has 0 nitrogen and oxygen atoms in total. The summed E-state index contributed by atoms with van der Waals surface area (Å²) in [5, 5.41) is 0.859. The molecule has 0 unspecified atom stereocenters. The van der Waals surface area contributed by atoms with Gasteiger partial charge in [0.25, 0.3) is 0 Å². The van der Waals surface area contributed by atoms with Crippen LogP contribution in [0.3, 0.4) is 0 Å². The predicted octanol–water partition coefficient (Wildman–Crippen LogP) is 2.55. The molecule has 3 heteroatoms.